The Hall–Kier alpha value is -2.40. The number of fused-ring (bicyclic) bond motifs is 1. The Kier molecular flexibility index (Phi) is 4.81. The summed E-state index contributed by atoms with van der Waals surface area (Å²) in [6.07, 6.45) is 1.52. The van der Waals surface area contributed by atoms with E-state index in [0.717, 1.165) is 42.4 Å². The summed E-state index contributed by atoms with van der Waals surface area (Å²) < 4.78 is 0. The molecular weight excluding hydrogens is 302 g/mol. The molecule has 0 bridgehead atoms. The maximum Gasteiger partial charge on any atom is 0.282 e. The molecule has 1 fully saturated rings. The first-order valence-electron chi connectivity index (χ1n) is 8.48. The standard InChI is InChI=1S/C19H23N3O2/c1-13(22-10-8-15(9-11-22)18(20)23)19(24)21-17-7-6-14-4-2-3-5-16(14)12-17/h2-7,12-13,15H,8-11H2,1H3,(H2,20,23)(H,21,24)/p+1/t13-/m1/s1. The van der Waals surface area contributed by atoms with Gasteiger partial charge in [-0.05, 0) is 29.8 Å². The van der Waals surface area contributed by atoms with Gasteiger partial charge in [0.2, 0.25) is 5.91 Å². The molecule has 0 saturated carbocycles. The third-order valence-corrected chi connectivity index (χ3v) is 5.05. The molecular formula is C19H24N3O2+. The van der Waals surface area contributed by atoms with E-state index in [9.17, 15) is 9.59 Å². The molecule has 1 aliphatic rings. The minimum Gasteiger partial charge on any atom is -0.369 e. The molecule has 5 heteroatoms. The minimum atomic E-state index is -0.220. The summed E-state index contributed by atoms with van der Waals surface area (Å²) in [6.45, 7) is 3.55. The normalized spacial score (nSPS) is 22.0. The average molecular weight is 326 g/mol. The molecule has 0 spiro atoms. The van der Waals surface area contributed by atoms with Crippen molar-refractivity contribution < 1.29 is 14.5 Å². The van der Waals surface area contributed by atoms with Crippen LogP contribution in [0.3, 0.4) is 0 Å². The van der Waals surface area contributed by atoms with Gasteiger partial charge in [0, 0.05) is 24.4 Å². The fourth-order valence-corrected chi connectivity index (χ4v) is 3.41. The second-order valence-electron chi connectivity index (χ2n) is 6.61. The molecule has 5 nitrogen and oxygen atoms in total. The smallest absolute Gasteiger partial charge is 0.282 e. The zero-order valence-corrected chi connectivity index (χ0v) is 13.9. The minimum absolute atomic E-state index is 0.0119. The van der Waals surface area contributed by atoms with Gasteiger partial charge in [0.15, 0.2) is 6.04 Å². The number of nitrogens with one attached hydrogen (secondary N) is 2. The number of carbonyl (C=O) groups excluding carboxylic acids is 2. The predicted octanol–water partition coefficient (Wildman–Crippen LogP) is 0.947. The van der Waals surface area contributed by atoms with Crippen molar-refractivity contribution in [2.75, 3.05) is 18.4 Å². The molecule has 24 heavy (non-hydrogen) atoms. The number of rotatable bonds is 4. The van der Waals surface area contributed by atoms with Gasteiger partial charge >= 0.3 is 0 Å². The van der Waals surface area contributed by atoms with Gasteiger partial charge in [-0.2, -0.15) is 0 Å². The van der Waals surface area contributed by atoms with E-state index in [1.807, 2.05) is 43.3 Å². The van der Waals surface area contributed by atoms with E-state index >= 15 is 0 Å². The molecule has 2 amide bonds. The molecule has 0 unspecified atom stereocenters. The molecule has 3 rings (SSSR count). The Morgan fingerprint density at radius 1 is 1.12 bits per heavy atom. The largest absolute Gasteiger partial charge is 0.369 e. The van der Waals surface area contributed by atoms with E-state index < -0.39 is 0 Å². The van der Waals surface area contributed by atoms with Gasteiger partial charge in [-0.25, -0.2) is 0 Å². The van der Waals surface area contributed by atoms with Crippen molar-refractivity contribution in [3.8, 4) is 0 Å². The number of likely N-dealkylation sites (tertiary alicyclic amines) is 1. The van der Waals surface area contributed by atoms with Crippen LogP contribution in [-0.4, -0.2) is 30.9 Å². The van der Waals surface area contributed by atoms with Crippen molar-refractivity contribution in [3.63, 3.8) is 0 Å². The summed E-state index contributed by atoms with van der Waals surface area (Å²) in [5, 5.41) is 5.28. The number of piperidine rings is 1. The summed E-state index contributed by atoms with van der Waals surface area (Å²) in [5.41, 5.74) is 6.19. The van der Waals surface area contributed by atoms with E-state index in [1.54, 1.807) is 0 Å². The highest BCUT2D eigenvalue weighted by Crippen LogP contribution is 2.19. The van der Waals surface area contributed by atoms with Gasteiger partial charge in [-0.15, -0.1) is 0 Å². The number of anilines is 1. The van der Waals surface area contributed by atoms with E-state index in [2.05, 4.69) is 11.4 Å². The number of carbonyl (C=O) groups is 2. The van der Waals surface area contributed by atoms with Gasteiger partial charge in [0.25, 0.3) is 5.91 Å². The molecule has 2 aromatic rings. The highest BCUT2D eigenvalue weighted by molar-refractivity contribution is 5.96. The third-order valence-electron chi connectivity index (χ3n) is 5.05. The first-order valence-corrected chi connectivity index (χ1v) is 8.48. The summed E-state index contributed by atoms with van der Waals surface area (Å²) in [7, 11) is 0. The Morgan fingerprint density at radius 2 is 1.79 bits per heavy atom. The second kappa shape index (κ2) is 7.01. The molecule has 1 atom stereocenters. The van der Waals surface area contributed by atoms with Gasteiger partial charge in [0.1, 0.15) is 0 Å². The van der Waals surface area contributed by atoms with Crippen molar-refractivity contribution >= 4 is 28.3 Å². The molecule has 1 heterocycles. The molecule has 1 aliphatic heterocycles. The Morgan fingerprint density at radius 3 is 2.46 bits per heavy atom. The van der Waals surface area contributed by atoms with Crippen LogP contribution >= 0.6 is 0 Å². The number of amides is 2. The average Bonchev–Trinajstić information content (AvgIpc) is 2.61. The van der Waals surface area contributed by atoms with Crippen LogP contribution in [0.1, 0.15) is 19.8 Å². The number of primary amides is 1. The van der Waals surface area contributed by atoms with Crippen LogP contribution in [0.25, 0.3) is 10.8 Å². The molecule has 0 aliphatic carbocycles. The predicted molar refractivity (Wildman–Crippen MR) is 94.7 cm³/mol. The summed E-state index contributed by atoms with van der Waals surface area (Å²) in [5.74, 6) is -0.246. The van der Waals surface area contributed by atoms with Gasteiger partial charge in [0.05, 0.1) is 13.1 Å². The van der Waals surface area contributed by atoms with Gasteiger partial charge in [-0.3, -0.25) is 9.59 Å². The van der Waals surface area contributed by atoms with Crippen LogP contribution in [0, 0.1) is 5.92 Å². The quantitative estimate of drug-likeness (QED) is 0.782. The number of nitrogens with two attached hydrogens (primary N) is 1. The van der Waals surface area contributed by atoms with E-state index in [0.29, 0.717) is 0 Å². The Balaban J connectivity index is 1.62. The van der Waals surface area contributed by atoms with Crippen LogP contribution < -0.4 is 16.0 Å². The van der Waals surface area contributed by atoms with Crippen molar-refractivity contribution in [3.05, 3.63) is 42.5 Å². The molecule has 126 valence electrons. The van der Waals surface area contributed by atoms with Gasteiger partial charge < -0.3 is 16.0 Å². The maximum atomic E-state index is 12.5. The van der Waals surface area contributed by atoms with E-state index in [4.69, 9.17) is 5.73 Å². The molecule has 0 radical (unpaired) electrons. The van der Waals surface area contributed by atoms with Crippen molar-refractivity contribution in [2.24, 2.45) is 11.7 Å². The highest BCUT2D eigenvalue weighted by atomic mass is 16.2. The molecule has 0 aromatic heterocycles. The summed E-state index contributed by atoms with van der Waals surface area (Å²) >= 11 is 0. The van der Waals surface area contributed by atoms with Crippen LogP contribution in [0.2, 0.25) is 0 Å². The first-order chi connectivity index (χ1) is 11.5. The van der Waals surface area contributed by atoms with Crippen LogP contribution in [-0.2, 0) is 9.59 Å². The van der Waals surface area contributed by atoms with Crippen LogP contribution in [0.5, 0.6) is 0 Å². The fraction of sp³-hybridized carbons (Fsp3) is 0.368. The number of quaternary nitrogens is 1. The SMILES string of the molecule is C[C@H](C(=O)Nc1ccc2ccccc2c1)[NH+]1CCC(C(N)=O)CC1. The third kappa shape index (κ3) is 3.57. The van der Waals surface area contributed by atoms with Gasteiger partial charge in [-0.1, -0.05) is 30.3 Å². The Labute approximate surface area is 141 Å². The maximum absolute atomic E-state index is 12.5. The lowest BCUT2D eigenvalue weighted by molar-refractivity contribution is -0.919. The number of hydrogen-bond acceptors (Lipinski definition) is 2. The lowest BCUT2D eigenvalue weighted by Crippen LogP contribution is -3.17. The van der Waals surface area contributed by atoms with Crippen molar-refractivity contribution in [1.29, 1.82) is 0 Å². The topological polar surface area (TPSA) is 76.6 Å². The van der Waals surface area contributed by atoms with Crippen LogP contribution in [0.15, 0.2) is 42.5 Å². The van der Waals surface area contributed by atoms with Crippen LogP contribution in [0.4, 0.5) is 5.69 Å². The summed E-state index contributed by atoms with van der Waals surface area (Å²) in [6, 6.07) is 13.9. The van der Waals surface area contributed by atoms with Crippen molar-refractivity contribution in [1.82, 2.24) is 0 Å². The lowest BCUT2D eigenvalue weighted by Gasteiger charge is -2.31. The van der Waals surface area contributed by atoms with E-state index in [1.165, 1.54) is 4.90 Å². The molecule has 2 aromatic carbocycles. The Bertz CT molecular complexity index is 751. The number of benzene rings is 2. The van der Waals surface area contributed by atoms with Crippen molar-refractivity contribution in [2.45, 2.75) is 25.8 Å². The fourth-order valence-electron chi connectivity index (χ4n) is 3.41. The molecule has 1 saturated heterocycles. The molecule has 4 N–H and O–H groups in total. The monoisotopic (exact) mass is 326 g/mol. The zero-order valence-electron chi connectivity index (χ0n) is 13.9. The van der Waals surface area contributed by atoms with E-state index in [-0.39, 0.29) is 23.8 Å². The summed E-state index contributed by atoms with van der Waals surface area (Å²) in [4.78, 5) is 25.0. The zero-order chi connectivity index (χ0) is 17.1. The highest BCUT2D eigenvalue weighted by Gasteiger charge is 2.31. The lowest BCUT2D eigenvalue weighted by atomic mass is 9.95. The first kappa shape index (κ1) is 16.5. The number of hydrogen-bond donors (Lipinski definition) is 3. The second-order valence-corrected chi connectivity index (χ2v) is 6.61.